The van der Waals surface area contributed by atoms with Crippen LogP contribution in [0.2, 0.25) is 5.02 Å². The van der Waals surface area contributed by atoms with Crippen LogP contribution in [0.15, 0.2) is 48.4 Å². The number of likely N-dealkylation sites (tertiary alicyclic amines) is 1. The smallest absolute Gasteiger partial charge is 0.319 e. The van der Waals surface area contributed by atoms with Gasteiger partial charge in [0.25, 0.3) is 0 Å². The zero-order chi connectivity index (χ0) is 29.4. The molecule has 2 aromatic heterocycles. The van der Waals surface area contributed by atoms with E-state index in [1.165, 1.54) is 17.4 Å². The first-order chi connectivity index (χ1) is 20.4. The first kappa shape index (κ1) is 28.3. The van der Waals surface area contributed by atoms with Crippen molar-refractivity contribution < 1.29 is 13.9 Å². The molecule has 0 spiro atoms. The van der Waals surface area contributed by atoms with Crippen molar-refractivity contribution in [3.05, 3.63) is 70.6 Å². The molecular formula is C31H30ClFN6O2S. The molecule has 0 aliphatic carbocycles. The van der Waals surface area contributed by atoms with Gasteiger partial charge in [-0.3, -0.25) is 4.79 Å². The minimum absolute atomic E-state index is 0.0885. The van der Waals surface area contributed by atoms with Crippen molar-refractivity contribution in [1.82, 2.24) is 19.8 Å². The van der Waals surface area contributed by atoms with Gasteiger partial charge in [-0.15, -0.1) is 11.3 Å². The molecule has 6 rings (SSSR count). The highest BCUT2D eigenvalue weighted by Crippen LogP contribution is 2.42. The highest BCUT2D eigenvalue weighted by atomic mass is 35.5. The van der Waals surface area contributed by atoms with Gasteiger partial charge in [-0.05, 0) is 55.4 Å². The number of ether oxygens (including phenoxy) is 1. The zero-order valence-corrected chi connectivity index (χ0v) is 24.8. The fourth-order valence-corrected chi connectivity index (χ4v) is 7.19. The van der Waals surface area contributed by atoms with E-state index in [1.807, 2.05) is 34.5 Å². The normalized spacial score (nSPS) is 19.4. The summed E-state index contributed by atoms with van der Waals surface area (Å²) in [5.74, 6) is -0.290. The fourth-order valence-electron chi connectivity index (χ4n) is 5.98. The topological polar surface area (TPSA) is 66.2 Å². The van der Waals surface area contributed by atoms with Gasteiger partial charge >= 0.3 is 6.01 Å². The maximum atomic E-state index is 16.6. The van der Waals surface area contributed by atoms with Crippen LogP contribution in [0, 0.1) is 12.4 Å². The highest BCUT2D eigenvalue weighted by Gasteiger charge is 2.34. The Bertz CT molecular complexity index is 1720. The number of rotatable bonds is 7. The van der Waals surface area contributed by atoms with E-state index in [2.05, 4.69) is 28.4 Å². The number of benzene rings is 2. The van der Waals surface area contributed by atoms with E-state index in [0.29, 0.717) is 43.0 Å². The molecule has 2 fully saturated rings. The molecule has 216 valence electrons. The molecule has 1 amide bonds. The molecule has 2 aliphatic rings. The summed E-state index contributed by atoms with van der Waals surface area (Å²) in [4.78, 5) is 31.3. The summed E-state index contributed by atoms with van der Waals surface area (Å²) in [5.41, 5.74) is 1.11. The lowest BCUT2D eigenvalue weighted by Gasteiger charge is -2.39. The molecule has 2 atom stereocenters. The average Bonchev–Trinajstić information content (AvgIpc) is 3.65. The van der Waals surface area contributed by atoms with Crippen molar-refractivity contribution >= 4 is 55.7 Å². The molecule has 8 nitrogen and oxygen atoms in total. The van der Waals surface area contributed by atoms with E-state index in [1.54, 1.807) is 11.0 Å². The van der Waals surface area contributed by atoms with E-state index >= 15 is 4.39 Å². The van der Waals surface area contributed by atoms with Gasteiger partial charge in [-0.1, -0.05) is 36.4 Å². The molecule has 2 saturated heterocycles. The van der Waals surface area contributed by atoms with Gasteiger partial charge in [-0.2, -0.15) is 9.97 Å². The maximum Gasteiger partial charge on any atom is 0.319 e. The number of amides is 1. The summed E-state index contributed by atoms with van der Waals surface area (Å²) in [6, 6.07) is 9.41. The van der Waals surface area contributed by atoms with Crippen LogP contribution in [-0.4, -0.2) is 84.1 Å². The molecule has 42 heavy (non-hydrogen) atoms. The minimum atomic E-state index is -0.539. The van der Waals surface area contributed by atoms with Crippen LogP contribution in [0.3, 0.4) is 0 Å². The number of carbonyl (C=O) groups excluding carboxylic acids is 1. The number of thiophene rings is 1. The molecule has 0 saturated carbocycles. The molecule has 11 heteroatoms. The van der Waals surface area contributed by atoms with E-state index in [9.17, 15) is 4.79 Å². The number of anilines is 1. The number of hydrogen-bond acceptors (Lipinski definition) is 7. The maximum absolute atomic E-state index is 16.6. The van der Waals surface area contributed by atoms with Gasteiger partial charge in [0.2, 0.25) is 12.5 Å². The number of likely N-dealkylation sites (N-methyl/N-ethyl adjacent to an activating group) is 1. The van der Waals surface area contributed by atoms with Crippen LogP contribution in [0.4, 0.5) is 10.2 Å². The summed E-state index contributed by atoms with van der Waals surface area (Å²) >= 11 is 8.37. The van der Waals surface area contributed by atoms with Crippen molar-refractivity contribution in [2.45, 2.75) is 24.9 Å². The summed E-state index contributed by atoms with van der Waals surface area (Å²) in [7, 11) is 2.06. The average molecular weight is 605 g/mol. The molecule has 4 aromatic rings. The van der Waals surface area contributed by atoms with Gasteiger partial charge in [0.05, 0.1) is 5.02 Å². The van der Waals surface area contributed by atoms with E-state index in [0.717, 1.165) is 29.5 Å². The Morgan fingerprint density at radius 1 is 1.29 bits per heavy atom. The number of hydrogen-bond donors (Lipinski definition) is 0. The number of nitrogens with zero attached hydrogens (tertiary/aromatic N) is 6. The van der Waals surface area contributed by atoms with Gasteiger partial charge in [0.15, 0.2) is 5.82 Å². The van der Waals surface area contributed by atoms with Crippen LogP contribution in [-0.2, 0) is 4.79 Å². The SMILES string of the molecule is [C-]#[N+]C[C@H]1CN(c2nc(OC[C@@H]3CCCN3C)nc3c(F)c(-c4cccc5ccsc45)c(Cl)cc23)CCN1C(=O)C=C. The number of fused-ring (bicyclic) bond motifs is 2. The Morgan fingerprint density at radius 3 is 2.90 bits per heavy atom. The van der Waals surface area contributed by atoms with Crippen LogP contribution >= 0.6 is 22.9 Å². The van der Waals surface area contributed by atoms with Gasteiger partial charge in [-0.25, -0.2) is 11.0 Å². The number of aromatic nitrogens is 2. The quantitative estimate of drug-likeness (QED) is 0.193. The lowest BCUT2D eigenvalue weighted by Crippen LogP contribution is -2.56. The Hall–Kier alpha value is -3.78. The van der Waals surface area contributed by atoms with E-state index in [-0.39, 0.29) is 46.6 Å². The standard InChI is InChI=1S/C31H30ClFN6O2S/c1-4-25(40)39-13-12-38(17-21(39)16-34-2)30-23-15-24(32)26(22-9-5-7-19-10-14-42-29(19)22)27(33)28(23)35-31(36-30)41-18-20-8-6-11-37(20)3/h4-5,7,9-10,14-15,20-21H,1,6,8,11-13,16-18H2,3H3/t20-,21-/m0/s1. The molecule has 4 heterocycles. The van der Waals surface area contributed by atoms with Gasteiger partial charge in [0, 0.05) is 46.9 Å². The molecule has 2 aromatic carbocycles. The third-order valence-electron chi connectivity index (χ3n) is 8.21. The summed E-state index contributed by atoms with van der Waals surface area (Å²) in [6.45, 7) is 13.7. The third-order valence-corrected chi connectivity index (χ3v) is 9.47. The van der Waals surface area contributed by atoms with Crippen LogP contribution < -0.4 is 9.64 Å². The number of piperazine rings is 1. The third kappa shape index (κ3) is 5.17. The molecule has 0 unspecified atom stereocenters. The lowest BCUT2D eigenvalue weighted by molar-refractivity contribution is -0.128. The Labute approximate surface area is 252 Å². The lowest BCUT2D eigenvalue weighted by atomic mass is 10.0. The second-order valence-corrected chi connectivity index (χ2v) is 12.0. The molecule has 0 N–H and O–H groups in total. The van der Waals surface area contributed by atoms with Crippen molar-refractivity contribution in [3.8, 4) is 17.1 Å². The Morgan fingerprint density at radius 2 is 2.14 bits per heavy atom. The summed E-state index contributed by atoms with van der Waals surface area (Å²) < 4.78 is 23.7. The first-order valence-electron chi connectivity index (χ1n) is 13.9. The van der Waals surface area contributed by atoms with E-state index < -0.39 is 5.82 Å². The summed E-state index contributed by atoms with van der Waals surface area (Å²) in [5, 5.41) is 3.70. The van der Waals surface area contributed by atoms with Crippen LogP contribution in [0.1, 0.15) is 12.8 Å². The predicted octanol–water partition coefficient (Wildman–Crippen LogP) is 5.90. The van der Waals surface area contributed by atoms with Gasteiger partial charge < -0.3 is 24.3 Å². The number of halogens is 2. The molecular weight excluding hydrogens is 575 g/mol. The Balaban J connectivity index is 1.47. The fraction of sp³-hybridized carbons (Fsp3) is 0.355. The molecule has 0 bridgehead atoms. The zero-order valence-electron chi connectivity index (χ0n) is 23.2. The Kier molecular flexibility index (Phi) is 7.99. The van der Waals surface area contributed by atoms with Crippen LogP contribution in [0.5, 0.6) is 6.01 Å². The first-order valence-corrected chi connectivity index (χ1v) is 15.2. The predicted molar refractivity (Wildman–Crippen MR) is 166 cm³/mol. The number of carbonyl (C=O) groups is 1. The monoisotopic (exact) mass is 604 g/mol. The largest absolute Gasteiger partial charge is 0.462 e. The van der Waals surface area contributed by atoms with Crippen molar-refractivity contribution in [2.24, 2.45) is 0 Å². The second kappa shape index (κ2) is 11.8. The van der Waals surface area contributed by atoms with Crippen molar-refractivity contribution in [3.63, 3.8) is 0 Å². The van der Waals surface area contributed by atoms with E-state index in [4.69, 9.17) is 27.9 Å². The molecule has 0 radical (unpaired) electrons. The minimum Gasteiger partial charge on any atom is -0.462 e. The van der Waals surface area contributed by atoms with Crippen LogP contribution in [0.25, 0.3) is 37.0 Å². The van der Waals surface area contributed by atoms with Crippen molar-refractivity contribution in [1.29, 1.82) is 0 Å². The van der Waals surface area contributed by atoms with Gasteiger partial charge in [0.1, 0.15) is 24.0 Å². The highest BCUT2D eigenvalue weighted by molar-refractivity contribution is 7.17. The molecule has 2 aliphatic heterocycles. The second-order valence-electron chi connectivity index (χ2n) is 10.7. The van der Waals surface area contributed by atoms with Crippen molar-refractivity contribution in [2.75, 3.05) is 51.3 Å². The summed E-state index contributed by atoms with van der Waals surface area (Å²) in [6.07, 6.45) is 3.37.